The van der Waals surface area contributed by atoms with Gasteiger partial charge in [0.1, 0.15) is 0 Å². The Morgan fingerprint density at radius 1 is 0.0746 bits per heavy atom. The molecular formula is C134H88. The van der Waals surface area contributed by atoms with Gasteiger partial charge in [-0.3, -0.25) is 0 Å². The van der Waals surface area contributed by atoms with E-state index in [2.05, 4.69) is 534 Å². The lowest BCUT2D eigenvalue weighted by molar-refractivity contribution is 1.61. The second kappa shape index (κ2) is 34.9. The Morgan fingerprint density at radius 2 is 0.328 bits per heavy atom. The summed E-state index contributed by atoms with van der Waals surface area (Å²) in [4.78, 5) is 0. The van der Waals surface area contributed by atoms with Crippen LogP contribution in [0.2, 0.25) is 0 Å². The predicted octanol–water partition coefficient (Wildman–Crippen LogP) is 37.7. The Bertz CT molecular complexity index is 8840. The molecule has 624 valence electrons. The molecule has 0 N–H and O–H groups in total. The Hall–Kier alpha value is -17.4. The molecule has 0 heterocycles. The summed E-state index contributed by atoms with van der Waals surface area (Å²) in [6.07, 6.45) is 0. The maximum absolute atomic E-state index is 2.42. The van der Waals surface area contributed by atoms with E-state index in [-0.39, 0.29) is 0 Å². The van der Waals surface area contributed by atoms with Crippen LogP contribution in [0.15, 0.2) is 534 Å². The van der Waals surface area contributed by atoms with Crippen molar-refractivity contribution < 1.29 is 0 Å². The summed E-state index contributed by atoms with van der Waals surface area (Å²) in [6, 6.07) is 195. The van der Waals surface area contributed by atoms with Crippen LogP contribution in [0.4, 0.5) is 0 Å². The number of hydrogen-bond donors (Lipinski definition) is 0. The fourth-order valence-electron chi connectivity index (χ4n) is 21.3. The summed E-state index contributed by atoms with van der Waals surface area (Å²) in [6.45, 7) is 0. The van der Waals surface area contributed by atoms with Gasteiger partial charge >= 0.3 is 0 Å². The summed E-state index contributed by atoms with van der Waals surface area (Å²) in [7, 11) is 0. The molecule has 0 saturated carbocycles. The van der Waals surface area contributed by atoms with Crippen molar-refractivity contribution in [3.8, 4) is 134 Å². The van der Waals surface area contributed by atoms with Crippen LogP contribution in [0.5, 0.6) is 0 Å². The SMILES string of the molecule is c1ccc(-c2ccc(-c3c4ccccc4c(-c4cccc5ccc(-c6ccccc6)cc45)c4ccccc34)cc2)cc1.c1ccc(-c2cccc(-c3c4ccccc4c(-c4c(-c5cccc6ccccc56)ccc5ccccc45)c4ccccc34)c2)cc1.c1ccc(-c2cccc(-c3c4ccccc4c(-c4cc(-c5cccc6ccccc56)cc5ccccc45)c4ccccc34)c2)cc1. The van der Waals surface area contributed by atoms with Crippen molar-refractivity contribution in [1.29, 1.82) is 0 Å². The van der Waals surface area contributed by atoms with Crippen LogP contribution in [-0.2, 0) is 0 Å². The Morgan fingerprint density at radius 3 is 0.769 bits per heavy atom. The van der Waals surface area contributed by atoms with E-state index in [4.69, 9.17) is 0 Å². The minimum absolute atomic E-state index is 1.22. The molecule has 0 radical (unpaired) electrons. The van der Waals surface area contributed by atoms with Crippen LogP contribution < -0.4 is 0 Å². The molecule has 0 aliphatic heterocycles. The second-order valence-corrected chi connectivity index (χ2v) is 35.0. The standard InChI is InChI=1S/2C46H30.C42H28/c1-2-14-31(15-3-1)33-19-12-20-35(28-33)45-40-23-8-10-25-42(40)46(43-26-11-9-24-41(43)45)44-30-36(29-34-17-5-7-22-38(34)44)39-27-13-18-32-16-4-6-21-37(32)39;1-2-14-31(15-3-1)34-19-12-20-35(30-34)44-39-23-8-10-25-41(39)46(42-26-11-9-24-40(42)44)45-37-22-7-5-17-33(37)28-29-43(45)38-27-13-18-32-16-4-6-21-36(32)38;1-3-12-29(13-4-1)31-22-25-33(26-23-31)41-35-17-7-9-19-37(35)42(38-20-10-8-18-36(38)41)39-21-11-16-32-24-27-34(28-40(32)39)30-14-5-2-6-15-30/h2*1-30H;1-28H. The monoisotopic (exact) mass is 1700 g/mol. The van der Waals surface area contributed by atoms with E-state index in [0.717, 1.165) is 0 Å². The first-order chi connectivity index (χ1) is 66.5. The highest BCUT2D eigenvalue weighted by molar-refractivity contribution is 6.29. The lowest BCUT2D eigenvalue weighted by Crippen LogP contribution is -1.94. The van der Waals surface area contributed by atoms with Crippen LogP contribution in [0.1, 0.15) is 0 Å². The van der Waals surface area contributed by atoms with E-state index in [0.29, 0.717) is 0 Å². The van der Waals surface area contributed by atoms with Gasteiger partial charge in [-0.15, -0.1) is 0 Å². The zero-order valence-corrected chi connectivity index (χ0v) is 73.8. The minimum atomic E-state index is 1.22. The molecule has 0 nitrogen and oxygen atoms in total. The van der Waals surface area contributed by atoms with Gasteiger partial charge in [0.05, 0.1) is 0 Å². The fourth-order valence-corrected chi connectivity index (χ4v) is 21.3. The first kappa shape index (κ1) is 79.9. The summed E-state index contributed by atoms with van der Waals surface area (Å²) in [5.74, 6) is 0. The van der Waals surface area contributed by atoms with Gasteiger partial charge < -0.3 is 0 Å². The molecule has 26 aromatic rings. The normalized spacial score (nSPS) is 11.4. The highest BCUT2D eigenvalue weighted by Crippen LogP contribution is 2.53. The van der Waals surface area contributed by atoms with E-state index in [1.54, 1.807) is 0 Å². The lowest BCUT2D eigenvalue weighted by Gasteiger charge is -2.22. The highest BCUT2D eigenvalue weighted by atomic mass is 14.3. The van der Waals surface area contributed by atoms with Crippen LogP contribution >= 0.6 is 0 Å². The van der Waals surface area contributed by atoms with E-state index in [9.17, 15) is 0 Å². The molecule has 0 aromatic heterocycles. The maximum Gasteiger partial charge on any atom is -0.00139 e. The molecule has 0 aliphatic rings. The van der Waals surface area contributed by atoms with Crippen LogP contribution in [-0.4, -0.2) is 0 Å². The van der Waals surface area contributed by atoms with Crippen LogP contribution in [0.3, 0.4) is 0 Å². The van der Waals surface area contributed by atoms with Crippen molar-refractivity contribution >= 4 is 118 Å². The third-order valence-corrected chi connectivity index (χ3v) is 27.3. The zero-order valence-electron chi connectivity index (χ0n) is 73.8. The average molecular weight is 1700 g/mol. The molecule has 0 bridgehead atoms. The fraction of sp³-hybridized carbons (Fsp3) is 0. The molecule has 0 aliphatic carbocycles. The molecule has 134 heavy (non-hydrogen) atoms. The van der Waals surface area contributed by atoms with E-state index in [1.807, 2.05) is 0 Å². The maximum atomic E-state index is 2.42. The van der Waals surface area contributed by atoms with Crippen LogP contribution in [0.25, 0.3) is 252 Å². The van der Waals surface area contributed by atoms with Crippen LogP contribution in [0, 0.1) is 0 Å². The molecule has 0 amide bonds. The Balaban J connectivity index is 0.000000111. The Labute approximate surface area is 780 Å². The molecule has 26 aromatic carbocycles. The molecule has 0 atom stereocenters. The van der Waals surface area contributed by atoms with Gasteiger partial charge in [0.2, 0.25) is 0 Å². The van der Waals surface area contributed by atoms with Crippen molar-refractivity contribution in [1.82, 2.24) is 0 Å². The quantitative estimate of drug-likeness (QED) is 0.107. The summed E-state index contributed by atoms with van der Waals surface area (Å²) < 4.78 is 0. The molecule has 0 unspecified atom stereocenters. The van der Waals surface area contributed by atoms with Crippen molar-refractivity contribution in [3.05, 3.63) is 534 Å². The molecule has 26 rings (SSSR count). The van der Waals surface area contributed by atoms with Gasteiger partial charge in [0.25, 0.3) is 0 Å². The smallest absolute Gasteiger partial charge is 0.00139 e. The molecule has 0 spiro atoms. The minimum Gasteiger partial charge on any atom is -0.0622 e. The van der Waals surface area contributed by atoms with Gasteiger partial charge in [-0.2, -0.15) is 0 Å². The first-order valence-electron chi connectivity index (χ1n) is 46.4. The van der Waals surface area contributed by atoms with Crippen molar-refractivity contribution in [2.45, 2.75) is 0 Å². The van der Waals surface area contributed by atoms with E-state index in [1.165, 1.54) is 252 Å². The van der Waals surface area contributed by atoms with Gasteiger partial charge in [0, 0.05) is 0 Å². The Kier molecular flexibility index (Phi) is 20.8. The average Bonchev–Trinajstić information content (AvgIpc) is 0.726. The molecule has 0 fully saturated rings. The van der Waals surface area contributed by atoms with E-state index >= 15 is 0 Å². The van der Waals surface area contributed by atoms with Gasteiger partial charge in [0.15, 0.2) is 0 Å². The molecule has 0 saturated heterocycles. The van der Waals surface area contributed by atoms with E-state index < -0.39 is 0 Å². The number of fused-ring (bicyclic) bond motifs is 11. The van der Waals surface area contributed by atoms with Crippen molar-refractivity contribution in [2.75, 3.05) is 0 Å². The number of benzene rings is 26. The first-order valence-corrected chi connectivity index (χ1v) is 46.4. The van der Waals surface area contributed by atoms with Gasteiger partial charge in [-0.05, 0) is 282 Å². The van der Waals surface area contributed by atoms with Gasteiger partial charge in [-0.1, -0.05) is 504 Å². The largest absolute Gasteiger partial charge is 0.0622 e. The zero-order chi connectivity index (χ0) is 88.8. The lowest BCUT2D eigenvalue weighted by atomic mass is 9.81. The topological polar surface area (TPSA) is 0 Å². The number of rotatable bonds is 12. The third-order valence-electron chi connectivity index (χ3n) is 27.3. The number of hydrogen-bond acceptors (Lipinski definition) is 0. The molecule has 0 heteroatoms. The highest BCUT2D eigenvalue weighted by Gasteiger charge is 2.26. The predicted molar refractivity (Wildman–Crippen MR) is 577 cm³/mol. The summed E-state index contributed by atoms with van der Waals surface area (Å²) >= 11 is 0. The van der Waals surface area contributed by atoms with Gasteiger partial charge in [-0.25, -0.2) is 0 Å². The van der Waals surface area contributed by atoms with Crippen molar-refractivity contribution in [2.24, 2.45) is 0 Å². The summed E-state index contributed by atoms with van der Waals surface area (Å²) in [5.41, 5.74) is 30.1. The second-order valence-electron chi connectivity index (χ2n) is 35.0. The summed E-state index contributed by atoms with van der Waals surface area (Å²) in [5, 5.41) is 27.8. The third kappa shape index (κ3) is 14.6. The van der Waals surface area contributed by atoms with Crippen molar-refractivity contribution in [3.63, 3.8) is 0 Å². The molecular weight excluding hydrogens is 1610 g/mol.